The number of alkyl halides is 3. The van der Waals surface area contributed by atoms with E-state index in [1.807, 2.05) is 52.0 Å². The fraction of sp³-hybridized carbons (Fsp3) is 0.641. The van der Waals surface area contributed by atoms with Gasteiger partial charge in [-0.1, -0.05) is 79.9 Å². The van der Waals surface area contributed by atoms with Crippen molar-refractivity contribution in [2.24, 2.45) is 21.7 Å². The van der Waals surface area contributed by atoms with Crippen LogP contribution in [0.1, 0.15) is 87.5 Å². The van der Waals surface area contributed by atoms with Crippen LogP contribution in [0.15, 0.2) is 52.7 Å². The molecule has 16 heteroatoms. The van der Waals surface area contributed by atoms with Crippen LogP contribution in [0, 0.1) is 16.7 Å². The van der Waals surface area contributed by atoms with Gasteiger partial charge in [0.25, 0.3) is 5.91 Å². The summed E-state index contributed by atoms with van der Waals surface area (Å²) in [4.78, 5) is 70.5. The minimum atomic E-state index is -1.77. The molecule has 0 bridgehead atoms. The van der Waals surface area contributed by atoms with Gasteiger partial charge in [0.15, 0.2) is 0 Å². The van der Waals surface area contributed by atoms with Crippen LogP contribution >= 0.6 is 34.8 Å². The van der Waals surface area contributed by atoms with E-state index in [9.17, 15) is 24.0 Å². The summed E-state index contributed by atoms with van der Waals surface area (Å²) in [5, 5.41) is 7.05. The quantitative estimate of drug-likeness (QED) is 0.174. The molecule has 55 heavy (non-hydrogen) atoms. The number of nitrogens with one attached hydrogen (secondary N) is 3. The van der Waals surface area contributed by atoms with Gasteiger partial charge in [-0.2, -0.15) is 0 Å². The molecule has 6 atom stereocenters. The van der Waals surface area contributed by atoms with Crippen molar-refractivity contribution in [3.63, 3.8) is 0 Å². The summed E-state index contributed by atoms with van der Waals surface area (Å²) in [6, 6.07) is -2.79. The van der Waals surface area contributed by atoms with E-state index in [1.165, 1.54) is 11.9 Å². The minimum absolute atomic E-state index is 0.300. The van der Waals surface area contributed by atoms with E-state index in [0.717, 1.165) is 11.3 Å². The zero-order valence-corrected chi connectivity index (χ0v) is 35.1. The fourth-order valence-electron chi connectivity index (χ4n) is 7.09. The third-order valence-corrected chi connectivity index (χ3v) is 10.5. The number of rotatable bonds is 12. The van der Waals surface area contributed by atoms with E-state index in [-0.39, 0.29) is 23.2 Å². The molecule has 304 valence electrons. The summed E-state index contributed by atoms with van der Waals surface area (Å²) in [6.45, 7) is 14.5. The molecule has 3 heterocycles. The van der Waals surface area contributed by atoms with Crippen molar-refractivity contribution in [3.8, 4) is 0 Å². The zero-order chi connectivity index (χ0) is 40.9. The van der Waals surface area contributed by atoms with Gasteiger partial charge in [0.05, 0.1) is 22.4 Å². The number of nitrogens with zero attached hydrogens (tertiary/aromatic N) is 2. The van der Waals surface area contributed by atoms with Crippen molar-refractivity contribution in [3.05, 3.63) is 47.7 Å². The number of allylic oxidation sites excluding steroid dienone is 5. The van der Waals surface area contributed by atoms with E-state index < -0.39 is 63.4 Å². The molecule has 0 spiro atoms. The molecule has 3 amide bonds. The van der Waals surface area contributed by atoms with Crippen molar-refractivity contribution >= 4 is 70.2 Å². The molecule has 2 saturated heterocycles. The average molecular weight is 827 g/mol. The first-order chi connectivity index (χ1) is 25.5. The molecule has 4 rings (SSSR count). The topological polar surface area (TPSA) is 165 Å². The maximum atomic E-state index is 14.4. The Labute approximate surface area is 338 Å². The second kappa shape index (κ2) is 17.9. The second-order valence-electron chi connectivity index (χ2n) is 16.0. The Morgan fingerprint density at radius 2 is 1.84 bits per heavy atom. The Balaban J connectivity index is 1.48. The second-order valence-corrected chi connectivity index (χ2v) is 18.5. The number of hydrazine groups is 1. The zero-order valence-electron chi connectivity index (χ0n) is 32.8. The van der Waals surface area contributed by atoms with Crippen molar-refractivity contribution in [2.45, 2.75) is 121 Å². The summed E-state index contributed by atoms with van der Waals surface area (Å²) in [5.74, 6) is -2.70. The van der Waals surface area contributed by atoms with Crippen molar-refractivity contribution in [1.29, 1.82) is 0 Å². The molecule has 0 radical (unpaired) electrons. The predicted octanol–water partition coefficient (Wildman–Crippen LogP) is 5.36. The van der Waals surface area contributed by atoms with Crippen molar-refractivity contribution in [1.82, 2.24) is 21.1 Å². The normalized spacial score (nSPS) is 26.8. The first-order valence-corrected chi connectivity index (χ1v) is 19.8. The van der Waals surface area contributed by atoms with Crippen molar-refractivity contribution < 1.29 is 38.2 Å². The number of carbonyl (C=O) groups excluding carboxylic acids is 5. The molecule has 2 fully saturated rings. The number of carbonyl (C=O) groups is 5. The maximum absolute atomic E-state index is 14.4. The molecule has 13 nitrogen and oxygen atoms in total. The number of amides is 3. The van der Waals surface area contributed by atoms with Crippen LogP contribution in [0.5, 0.6) is 0 Å². The number of fused-ring (bicyclic) bond motifs is 1. The van der Waals surface area contributed by atoms with E-state index in [4.69, 9.17) is 54.0 Å². The Morgan fingerprint density at radius 1 is 1.13 bits per heavy atom. The molecule has 0 aromatic rings. The summed E-state index contributed by atoms with van der Waals surface area (Å²) < 4.78 is 14.7. The lowest BCUT2D eigenvalue weighted by Crippen LogP contribution is -2.61. The first-order valence-electron chi connectivity index (χ1n) is 18.7. The number of dihydropyridines is 1. The van der Waals surface area contributed by atoms with Crippen LogP contribution in [0.25, 0.3) is 0 Å². The molecule has 3 aliphatic heterocycles. The van der Waals surface area contributed by atoms with Gasteiger partial charge in [0.2, 0.25) is 15.6 Å². The van der Waals surface area contributed by atoms with Crippen LogP contribution in [-0.2, 0) is 38.2 Å². The van der Waals surface area contributed by atoms with Gasteiger partial charge in [0.1, 0.15) is 30.8 Å². The number of hydrogen-bond donors (Lipinski definition) is 3. The Bertz CT molecular complexity index is 1670. The van der Waals surface area contributed by atoms with E-state index >= 15 is 0 Å². The highest BCUT2D eigenvalue weighted by Gasteiger charge is 2.46. The monoisotopic (exact) mass is 825 g/mol. The Kier molecular flexibility index (Phi) is 14.5. The molecule has 0 aromatic carbocycles. The predicted molar refractivity (Wildman–Crippen MR) is 211 cm³/mol. The molecule has 1 aliphatic carbocycles. The summed E-state index contributed by atoms with van der Waals surface area (Å²) in [7, 11) is 0. The van der Waals surface area contributed by atoms with E-state index in [2.05, 4.69) is 35.1 Å². The van der Waals surface area contributed by atoms with Crippen LogP contribution in [0.4, 0.5) is 0 Å². The fourth-order valence-corrected chi connectivity index (χ4v) is 7.25. The van der Waals surface area contributed by atoms with Gasteiger partial charge in [-0.25, -0.2) is 5.43 Å². The average Bonchev–Trinajstić information content (AvgIpc) is 3.09. The van der Waals surface area contributed by atoms with Gasteiger partial charge >= 0.3 is 11.9 Å². The van der Waals surface area contributed by atoms with Gasteiger partial charge in [0, 0.05) is 25.5 Å². The first kappa shape index (κ1) is 44.5. The van der Waals surface area contributed by atoms with Crippen LogP contribution in [0.2, 0.25) is 0 Å². The summed E-state index contributed by atoms with van der Waals surface area (Å²) in [5.41, 5.74) is 3.24. The van der Waals surface area contributed by atoms with Crippen LogP contribution < -0.4 is 16.1 Å². The summed E-state index contributed by atoms with van der Waals surface area (Å²) in [6.07, 6.45) is 13.7. The maximum Gasteiger partial charge on any atom is 0.325 e. The molecular formula is C39H54Cl3N5O8. The highest BCUT2D eigenvalue weighted by molar-refractivity contribution is 6.67. The number of ether oxygens (including phenoxy) is 3. The van der Waals surface area contributed by atoms with Gasteiger partial charge in [-0.05, 0) is 83.4 Å². The van der Waals surface area contributed by atoms with Crippen LogP contribution in [0.3, 0.4) is 0 Å². The minimum Gasteiger partial charge on any atom is -0.460 e. The number of halogens is 3. The Morgan fingerprint density at radius 3 is 2.47 bits per heavy atom. The lowest BCUT2D eigenvalue weighted by Gasteiger charge is -2.43. The Hall–Kier alpha value is -3.23. The lowest BCUT2D eigenvalue weighted by atomic mass is 9.72. The number of aliphatic imine (C=N–C) groups is 1. The highest BCUT2D eigenvalue weighted by Crippen LogP contribution is 2.43. The standard InChI is InChI=1S/C39H54Cl3N5O8/c1-23(2)31(32(49)43-24(3)33(50)47-18-9-10-29(46-47)34(51)53-22-39(40,41)42)45-35(52)38(17-19-54-36(6,7)21-38)16-12-27-11-14-37(8)15-13-28(44-30(37)20-27)25(4)55-26(5)48/h11-13,15-16,20,23-25,29,31,46H,9-10,14,17-19,21-22H2,1-8H3,(H,43,49)(H,45,52)/b16-12+/t24-,25+,29-,31-,37?,38?/m0/s1. The largest absolute Gasteiger partial charge is 0.460 e. The highest BCUT2D eigenvalue weighted by atomic mass is 35.6. The third-order valence-electron chi connectivity index (χ3n) is 10.2. The van der Waals surface area contributed by atoms with E-state index in [0.29, 0.717) is 51.0 Å². The molecule has 3 N–H and O–H groups in total. The SMILES string of the molecule is CC(=O)O[C@H](C)C1=NC2=CC(/C=C/C3(C(=O)N[C@H](C(=O)N[C@@H](C)C(=O)N4CCC[C@@H](C(=O)OCC(Cl)(Cl)Cl)N4)C(C)C)CCOC(C)(C)C3)=CCC2(C)C=C1. The van der Waals surface area contributed by atoms with Gasteiger partial charge < -0.3 is 24.8 Å². The number of hydrogen-bond acceptors (Lipinski definition) is 10. The summed E-state index contributed by atoms with van der Waals surface area (Å²) >= 11 is 17.1. The van der Waals surface area contributed by atoms with E-state index in [1.54, 1.807) is 13.8 Å². The van der Waals surface area contributed by atoms with Gasteiger partial charge in [-0.3, -0.25) is 34.0 Å². The smallest absolute Gasteiger partial charge is 0.325 e. The van der Waals surface area contributed by atoms with Crippen molar-refractivity contribution in [2.75, 3.05) is 19.8 Å². The molecular weight excluding hydrogens is 773 g/mol. The lowest BCUT2D eigenvalue weighted by molar-refractivity contribution is -0.153. The number of esters is 2. The molecule has 0 aromatic heterocycles. The molecule has 0 saturated carbocycles. The molecule has 4 aliphatic rings. The van der Waals surface area contributed by atoms with Gasteiger partial charge in [-0.15, -0.1) is 0 Å². The molecule has 2 unspecified atom stereocenters. The van der Waals surface area contributed by atoms with Crippen LogP contribution in [-0.4, -0.2) is 93.8 Å². The third kappa shape index (κ3) is 11.9.